The Kier molecular flexibility index (Phi) is 4.42. The second-order valence-corrected chi connectivity index (χ2v) is 8.32. The van der Waals surface area contributed by atoms with Crippen LogP contribution in [0.4, 0.5) is 0 Å². The van der Waals surface area contributed by atoms with Crippen molar-refractivity contribution in [1.29, 1.82) is 0 Å². The van der Waals surface area contributed by atoms with Gasteiger partial charge in [-0.1, -0.05) is 97.1 Å². The lowest BCUT2D eigenvalue weighted by Gasteiger charge is -2.24. The van der Waals surface area contributed by atoms with Crippen molar-refractivity contribution in [2.45, 2.75) is 13.1 Å². The molecule has 5 rings (SSSR count). The smallest absolute Gasteiger partial charge is 0.133 e. The molecular formula is C25H19NS2. The fourth-order valence-electron chi connectivity index (χ4n) is 4.13. The average Bonchev–Trinajstić information content (AvgIpc) is 2.73. The zero-order valence-electron chi connectivity index (χ0n) is 15.3. The highest BCUT2D eigenvalue weighted by Crippen LogP contribution is 2.36. The molecule has 28 heavy (non-hydrogen) atoms. The lowest BCUT2D eigenvalue weighted by atomic mass is 9.92. The molecule has 5 aromatic carbocycles. The van der Waals surface area contributed by atoms with Gasteiger partial charge in [-0.15, -0.1) is 12.6 Å². The number of hydrogen-bond acceptors (Lipinski definition) is 1. The lowest BCUT2D eigenvalue weighted by Crippen LogP contribution is -2.25. The summed E-state index contributed by atoms with van der Waals surface area (Å²) in [5.41, 5.74) is 2.51. The third kappa shape index (κ3) is 3.01. The largest absolute Gasteiger partial charge is 0.349 e. The van der Waals surface area contributed by atoms with Crippen LogP contribution in [-0.2, 0) is 13.1 Å². The number of thiol groups is 1. The van der Waals surface area contributed by atoms with Crippen LogP contribution in [-0.4, -0.2) is 9.22 Å². The highest BCUT2D eigenvalue weighted by atomic mass is 32.1. The van der Waals surface area contributed by atoms with E-state index in [9.17, 15) is 0 Å². The predicted octanol–water partition coefficient (Wildman–Crippen LogP) is 6.80. The minimum Gasteiger partial charge on any atom is -0.349 e. The molecule has 0 saturated heterocycles. The summed E-state index contributed by atoms with van der Waals surface area (Å²) in [5.74, 6) is 0. The highest BCUT2D eigenvalue weighted by Gasteiger charge is 2.14. The second-order valence-electron chi connectivity index (χ2n) is 7.20. The second kappa shape index (κ2) is 7.08. The van der Waals surface area contributed by atoms with Crippen LogP contribution in [0.15, 0.2) is 84.9 Å². The Labute approximate surface area is 175 Å². The van der Waals surface area contributed by atoms with E-state index in [1.807, 2.05) is 6.07 Å². The molecule has 0 unspecified atom stereocenters. The molecule has 5 aromatic rings. The van der Waals surface area contributed by atoms with Crippen molar-refractivity contribution in [3.8, 4) is 0 Å². The molecular weight excluding hydrogens is 378 g/mol. The summed E-state index contributed by atoms with van der Waals surface area (Å²) in [4.78, 5) is 2.15. The summed E-state index contributed by atoms with van der Waals surface area (Å²) in [6, 6.07) is 30.3. The van der Waals surface area contributed by atoms with Crippen molar-refractivity contribution in [3.05, 3.63) is 96.1 Å². The first-order valence-electron chi connectivity index (χ1n) is 9.38. The first kappa shape index (κ1) is 17.5. The third-order valence-electron chi connectivity index (χ3n) is 5.47. The van der Waals surface area contributed by atoms with Crippen LogP contribution in [0.25, 0.3) is 32.3 Å². The van der Waals surface area contributed by atoms with Crippen LogP contribution in [0.5, 0.6) is 0 Å². The summed E-state index contributed by atoms with van der Waals surface area (Å²) < 4.78 is 0.620. The third-order valence-corrected chi connectivity index (χ3v) is 6.01. The Morgan fingerprint density at radius 2 is 1.32 bits per heavy atom. The van der Waals surface area contributed by atoms with E-state index in [-0.39, 0.29) is 0 Å². The van der Waals surface area contributed by atoms with E-state index in [0.29, 0.717) is 4.32 Å². The summed E-state index contributed by atoms with van der Waals surface area (Å²) in [7, 11) is 0. The van der Waals surface area contributed by atoms with Gasteiger partial charge in [-0.3, -0.25) is 0 Å². The Bertz CT molecular complexity index is 1280. The summed E-state index contributed by atoms with van der Waals surface area (Å²) in [6.07, 6.45) is 0. The molecule has 0 heterocycles. The SMILES string of the molecule is S=C(S)N(Cc1ccccc1)Cc1ccc2ccc3cccc4ccc1c2c34. The van der Waals surface area contributed by atoms with Crippen molar-refractivity contribution < 1.29 is 0 Å². The quantitative estimate of drug-likeness (QED) is 0.202. The van der Waals surface area contributed by atoms with Gasteiger partial charge in [0.15, 0.2) is 0 Å². The molecule has 1 nitrogen and oxygen atoms in total. The van der Waals surface area contributed by atoms with Crippen molar-refractivity contribution in [2.75, 3.05) is 0 Å². The van der Waals surface area contributed by atoms with E-state index in [0.717, 1.165) is 13.1 Å². The fourth-order valence-corrected chi connectivity index (χ4v) is 4.40. The van der Waals surface area contributed by atoms with Crippen molar-refractivity contribution in [1.82, 2.24) is 4.90 Å². The van der Waals surface area contributed by atoms with Crippen LogP contribution in [0.1, 0.15) is 11.1 Å². The molecule has 0 aliphatic heterocycles. The monoisotopic (exact) mass is 397 g/mol. The number of thiocarbonyl (C=S) groups is 1. The predicted molar refractivity (Wildman–Crippen MR) is 127 cm³/mol. The molecule has 0 spiro atoms. The maximum Gasteiger partial charge on any atom is 0.133 e. The average molecular weight is 398 g/mol. The molecule has 0 atom stereocenters. The molecule has 0 radical (unpaired) electrons. The molecule has 0 fully saturated rings. The molecule has 3 heteroatoms. The molecule has 0 N–H and O–H groups in total. The Balaban J connectivity index is 1.62. The van der Waals surface area contributed by atoms with Gasteiger partial charge in [0.05, 0.1) is 0 Å². The summed E-state index contributed by atoms with van der Waals surface area (Å²) in [6.45, 7) is 1.50. The van der Waals surface area contributed by atoms with Crippen molar-refractivity contribution in [3.63, 3.8) is 0 Å². The van der Waals surface area contributed by atoms with E-state index < -0.39 is 0 Å². The van der Waals surface area contributed by atoms with E-state index >= 15 is 0 Å². The van der Waals surface area contributed by atoms with E-state index in [4.69, 9.17) is 12.2 Å². The van der Waals surface area contributed by atoms with Crippen LogP contribution in [0, 0.1) is 0 Å². The van der Waals surface area contributed by atoms with Gasteiger partial charge in [0.25, 0.3) is 0 Å². The maximum absolute atomic E-state index is 5.45. The Hall–Kier alpha value is -2.62. The van der Waals surface area contributed by atoms with Crippen LogP contribution in [0.2, 0.25) is 0 Å². The highest BCUT2D eigenvalue weighted by molar-refractivity contribution is 8.10. The van der Waals surface area contributed by atoms with Crippen molar-refractivity contribution in [2.24, 2.45) is 0 Å². The van der Waals surface area contributed by atoms with Gasteiger partial charge in [-0.2, -0.15) is 0 Å². The van der Waals surface area contributed by atoms with Crippen LogP contribution in [0.3, 0.4) is 0 Å². The topological polar surface area (TPSA) is 3.24 Å². The van der Waals surface area contributed by atoms with E-state index in [1.54, 1.807) is 0 Å². The number of benzene rings is 5. The fraction of sp³-hybridized carbons (Fsp3) is 0.0800. The number of rotatable bonds is 4. The Morgan fingerprint density at radius 1 is 0.679 bits per heavy atom. The standard InChI is InChI=1S/C25H19NS2/c27-25(28)26(15-17-5-2-1-3-6-17)16-21-12-11-20-10-9-18-7-4-8-19-13-14-22(21)24(20)23(18)19/h1-14H,15-16H2,(H,27,28). The number of hydrogen-bond donors (Lipinski definition) is 1. The molecule has 0 saturated carbocycles. The minimum absolute atomic E-state index is 0.620. The van der Waals surface area contributed by atoms with Gasteiger partial charge in [0.2, 0.25) is 0 Å². The molecule has 0 aromatic heterocycles. The Morgan fingerprint density at radius 3 is 2.04 bits per heavy atom. The molecule has 136 valence electrons. The lowest BCUT2D eigenvalue weighted by molar-refractivity contribution is 0.423. The minimum atomic E-state index is 0.620. The van der Waals surface area contributed by atoms with Gasteiger partial charge >= 0.3 is 0 Å². The van der Waals surface area contributed by atoms with Crippen LogP contribution >= 0.6 is 24.8 Å². The van der Waals surface area contributed by atoms with Gasteiger partial charge in [-0.05, 0) is 43.4 Å². The first-order chi connectivity index (χ1) is 13.7. The normalized spacial score (nSPS) is 11.5. The van der Waals surface area contributed by atoms with Crippen LogP contribution < -0.4 is 0 Å². The van der Waals surface area contributed by atoms with Gasteiger partial charge in [0.1, 0.15) is 4.32 Å². The molecule has 0 aliphatic carbocycles. The van der Waals surface area contributed by atoms with E-state index in [1.165, 1.54) is 43.4 Å². The zero-order valence-corrected chi connectivity index (χ0v) is 17.0. The first-order valence-corrected chi connectivity index (χ1v) is 10.2. The van der Waals surface area contributed by atoms with E-state index in [2.05, 4.69) is 96.4 Å². The zero-order chi connectivity index (χ0) is 19.1. The van der Waals surface area contributed by atoms with Gasteiger partial charge in [-0.25, -0.2) is 0 Å². The molecule has 0 amide bonds. The van der Waals surface area contributed by atoms with Crippen molar-refractivity contribution >= 4 is 61.5 Å². The maximum atomic E-state index is 5.45. The molecule has 0 bridgehead atoms. The van der Waals surface area contributed by atoms with Gasteiger partial charge < -0.3 is 4.90 Å². The number of nitrogens with zero attached hydrogens (tertiary/aromatic N) is 1. The summed E-state index contributed by atoms with van der Waals surface area (Å²) in [5, 5.41) is 7.85. The molecule has 0 aliphatic rings. The van der Waals surface area contributed by atoms with Gasteiger partial charge in [0, 0.05) is 13.1 Å². The summed E-state index contributed by atoms with van der Waals surface area (Å²) >= 11 is 9.95.